The smallest absolute Gasteiger partial charge is 0.267 e. The van der Waals surface area contributed by atoms with Crippen molar-refractivity contribution in [3.63, 3.8) is 0 Å². The van der Waals surface area contributed by atoms with E-state index in [1.165, 1.54) is 22.6 Å². The van der Waals surface area contributed by atoms with Gasteiger partial charge >= 0.3 is 0 Å². The quantitative estimate of drug-likeness (QED) is 0.627. The highest BCUT2D eigenvalue weighted by atomic mass is 32.2. The van der Waals surface area contributed by atoms with Gasteiger partial charge in [-0.3, -0.25) is 9.40 Å². The number of nitrogen functional groups attached to an aromatic ring is 1. The van der Waals surface area contributed by atoms with Gasteiger partial charge in [-0.25, -0.2) is 8.42 Å². The highest BCUT2D eigenvalue weighted by Crippen LogP contribution is 2.29. The van der Waals surface area contributed by atoms with Gasteiger partial charge < -0.3 is 5.73 Å². The number of aromatic nitrogens is 2. The van der Waals surface area contributed by atoms with E-state index >= 15 is 0 Å². The van der Waals surface area contributed by atoms with Gasteiger partial charge in [-0.15, -0.1) is 18.3 Å². The zero-order valence-electron chi connectivity index (χ0n) is 11.5. The lowest BCUT2D eigenvalue weighted by Gasteiger charge is -2.11. The van der Waals surface area contributed by atoms with Crippen LogP contribution in [-0.4, -0.2) is 24.0 Å². The molecule has 2 aromatic rings. The van der Waals surface area contributed by atoms with Crippen LogP contribution in [0.4, 0.5) is 11.5 Å². The number of rotatable bonds is 6. The molecule has 8 heteroatoms. The maximum Gasteiger partial charge on any atom is 0.267 e. The van der Waals surface area contributed by atoms with Crippen LogP contribution in [0.2, 0.25) is 0 Å². The Bertz CT molecular complexity index is 753. The molecule has 0 amide bonds. The Balaban J connectivity index is 2.33. The molecule has 2 rings (SSSR count). The second-order valence-electron chi connectivity index (χ2n) is 4.25. The van der Waals surface area contributed by atoms with Gasteiger partial charge in [0.2, 0.25) is 0 Å². The monoisotopic (exact) mass is 324 g/mol. The molecule has 0 aliphatic rings. The van der Waals surface area contributed by atoms with Crippen molar-refractivity contribution < 1.29 is 8.42 Å². The molecule has 1 aromatic heterocycles. The Morgan fingerprint density at radius 1 is 1.48 bits per heavy atom. The van der Waals surface area contributed by atoms with E-state index in [0.717, 1.165) is 4.90 Å². The molecule has 0 saturated carbocycles. The summed E-state index contributed by atoms with van der Waals surface area (Å²) in [5.41, 5.74) is 6.14. The summed E-state index contributed by atoms with van der Waals surface area (Å²) in [6.07, 6.45) is 3.13. The number of sulfonamides is 1. The molecule has 112 valence electrons. The van der Waals surface area contributed by atoms with Crippen molar-refractivity contribution in [2.75, 3.05) is 16.2 Å². The number of aryl methyl sites for hydroxylation is 1. The first-order valence-corrected chi connectivity index (χ1v) is 8.55. The molecule has 0 bridgehead atoms. The van der Waals surface area contributed by atoms with Crippen LogP contribution in [-0.2, 0) is 17.1 Å². The van der Waals surface area contributed by atoms with Crippen molar-refractivity contribution >= 4 is 33.3 Å². The third-order valence-electron chi connectivity index (χ3n) is 2.60. The predicted molar refractivity (Wildman–Crippen MR) is 85.8 cm³/mol. The number of benzene rings is 1. The Morgan fingerprint density at radius 2 is 2.19 bits per heavy atom. The van der Waals surface area contributed by atoms with E-state index in [9.17, 15) is 8.42 Å². The van der Waals surface area contributed by atoms with Crippen molar-refractivity contribution in [3.8, 4) is 0 Å². The molecule has 0 unspecified atom stereocenters. The molecule has 0 aliphatic carbocycles. The second kappa shape index (κ2) is 6.23. The normalized spacial score (nSPS) is 11.3. The zero-order chi connectivity index (χ0) is 15.5. The van der Waals surface area contributed by atoms with E-state index in [4.69, 9.17) is 5.73 Å². The summed E-state index contributed by atoms with van der Waals surface area (Å²) >= 11 is 1.50. The number of hydrogen-bond acceptors (Lipinski definition) is 5. The van der Waals surface area contributed by atoms with E-state index in [1.54, 1.807) is 25.3 Å². The van der Waals surface area contributed by atoms with E-state index in [1.807, 2.05) is 12.1 Å². The Hall–Kier alpha value is -1.93. The van der Waals surface area contributed by atoms with Gasteiger partial charge in [0.1, 0.15) is 4.90 Å². The molecule has 0 fully saturated rings. The van der Waals surface area contributed by atoms with Gasteiger partial charge in [-0.1, -0.05) is 18.2 Å². The Kier molecular flexibility index (Phi) is 4.59. The summed E-state index contributed by atoms with van der Waals surface area (Å²) in [4.78, 5) is 0.789. The molecule has 1 heterocycles. The maximum absolute atomic E-state index is 12.4. The van der Waals surface area contributed by atoms with Crippen LogP contribution in [0.5, 0.6) is 0 Å². The first kappa shape index (κ1) is 15.5. The minimum absolute atomic E-state index is 0.0266. The van der Waals surface area contributed by atoms with Crippen LogP contribution >= 0.6 is 11.8 Å². The predicted octanol–water partition coefficient (Wildman–Crippen LogP) is 2.08. The number of thioether (sulfide) groups is 1. The van der Waals surface area contributed by atoms with Gasteiger partial charge in [0.25, 0.3) is 10.0 Å². The second-order valence-corrected chi connectivity index (χ2v) is 6.97. The van der Waals surface area contributed by atoms with Gasteiger partial charge in [0, 0.05) is 23.9 Å². The molecule has 0 atom stereocenters. The first-order chi connectivity index (χ1) is 9.94. The van der Waals surface area contributed by atoms with Crippen LogP contribution < -0.4 is 10.5 Å². The molecule has 0 radical (unpaired) electrons. The van der Waals surface area contributed by atoms with E-state index in [2.05, 4.69) is 16.4 Å². The largest absolute Gasteiger partial charge is 0.381 e. The average molecular weight is 324 g/mol. The van der Waals surface area contributed by atoms with Crippen molar-refractivity contribution in [3.05, 3.63) is 43.1 Å². The minimum Gasteiger partial charge on any atom is -0.381 e. The van der Waals surface area contributed by atoms with Crippen molar-refractivity contribution in [2.45, 2.75) is 9.79 Å². The number of para-hydroxylation sites is 1. The van der Waals surface area contributed by atoms with E-state index in [-0.39, 0.29) is 10.7 Å². The first-order valence-electron chi connectivity index (χ1n) is 6.08. The third kappa shape index (κ3) is 3.59. The average Bonchev–Trinajstić information content (AvgIpc) is 2.77. The lowest BCUT2D eigenvalue weighted by Crippen LogP contribution is -2.14. The SMILES string of the molecule is C=CCSc1ccccc1NS(=O)(=O)c1cn(C)nc1N. The van der Waals surface area contributed by atoms with E-state index < -0.39 is 10.0 Å². The standard InChI is InChI=1S/C13H16N4O2S2/c1-3-8-20-11-7-5-4-6-10(11)16-21(18,19)12-9-17(2)15-13(12)14/h3-7,9,16H,1,8H2,2H3,(H2,14,15). The fraction of sp³-hybridized carbons (Fsp3) is 0.154. The third-order valence-corrected chi connectivity index (χ3v) is 5.05. The summed E-state index contributed by atoms with van der Waals surface area (Å²) in [7, 11) is -2.15. The Labute approximate surface area is 128 Å². The number of anilines is 2. The van der Waals surface area contributed by atoms with Crippen LogP contribution in [0.3, 0.4) is 0 Å². The van der Waals surface area contributed by atoms with Gasteiger partial charge in [0.05, 0.1) is 5.69 Å². The lowest BCUT2D eigenvalue weighted by atomic mass is 10.3. The number of hydrogen-bond donors (Lipinski definition) is 2. The molecule has 21 heavy (non-hydrogen) atoms. The molecule has 1 aromatic carbocycles. The van der Waals surface area contributed by atoms with Crippen molar-refractivity contribution in [1.29, 1.82) is 0 Å². The van der Waals surface area contributed by atoms with Crippen LogP contribution in [0.25, 0.3) is 0 Å². The maximum atomic E-state index is 12.4. The van der Waals surface area contributed by atoms with Crippen molar-refractivity contribution in [1.82, 2.24) is 9.78 Å². The highest BCUT2D eigenvalue weighted by Gasteiger charge is 2.21. The highest BCUT2D eigenvalue weighted by molar-refractivity contribution is 7.99. The number of nitrogens with zero attached hydrogens (tertiary/aromatic N) is 2. The topological polar surface area (TPSA) is 90.0 Å². The fourth-order valence-corrected chi connectivity index (χ4v) is 3.71. The molecule has 3 N–H and O–H groups in total. The molecule has 0 saturated heterocycles. The summed E-state index contributed by atoms with van der Waals surface area (Å²) in [5.74, 6) is 0.662. The summed E-state index contributed by atoms with van der Waals surface area (Å²) in [6, 6.07) is 7.16. The minimum atomic E-state index is -3.77. The van der Waals surface area contributed by atoms with E-state index in [0.29, 0.717) is 11.4 Å². The molecule has 0 aliphatic heterocycles. The summed E-state index contributed by atoms with van der Waals surface area (Å²) in [5, 5.41) is 3.85. The van der Waals surface area contributed by atoms with Gasteiger partial charge in [-0.05, 0) is 12.1 Å². The molecular weight excluding hydrogens is 308 g/mol. The zero-order valence-corrected chi connectivity index (χ0v) is 13.1. The van der Waals surface area contributed by atoms with Crippen LogP contribution in [0.15, 0.2) is 52.9 Å². The summed E-state index contributed by atoms with van der Waals surface area (Å²) in [6.45, 7) is 3.65. The number of nitrogens with two attached hydrogens (primary N) is 1. The van der Waals surface area contributed by atoms with Crippen LogP contribution in [0.1, 0.15) is 0 Å². The van der Waals surface area contributed by atoms with Crippen LogP contribution in [0, 0.1) is 0 Å². The Morgan fingerprint density at radius 3 is 2.81 bits per heavy atom. The van der Waals surface area contributed by atoms with Gasteiger partial charge in [-0.2, -0.15) is 5.10 Å². The summed E-state index contributed by atoms with van der Waals surface area (Å²) < 4.78 is 28.7. The lowest BCUT2D eigenvalue weighted by molar-refractivity contribution is 0.601. The molecular formula is C13H16N4O2S2. The van der Waals surface area contributed by atoms with Crippen molar-refractivity contribution in [2.24, 2.45) is 7.05 Å². The molecule has 6 nitrogen and oxygen atoms in total. The number of nitrogens with one attached hydrogen (secondary N) is 1. The van der Waals surface area contributed by atoms with Gasteiger partial charge in [0.15, 0.2) is 5.82 Å². The fourth-order valence-electron chi connectivity index (χ4n) is 1.72. The molecule has 0 spiro atoms.